The van der Waals surface area contributed by atoms with Gasteiger partial charge in [0.1, 0.15) is 0 Å². The summed E-state index contributed by atoms with van der Waals surface area (Å²) in [6.07, 6.45) is 14.1. The summed E-state index contributed by atoms with van der Waals surface area (Å²) >= 11 is 0. The van der Waals surface area contributed by atoms with E-state index in [2.05, 4.69) is 102 Å². The molecular formula is C33H39N3. The summed E-state index contributed by atoms with van der Waals surface area (Å²) in [7, 11) is 0. The molecule has 0 spiro atoms. The van der Waals surface area contributed by atoms with Crippen LogP contribution in [0.3, 0.4) is 0 Å². The number of pyridine rings is 1. The van der Waals surface area contributed by atoms with Crippen LogP contribution in [0, 0.1) is 25.7 Å². The van der Waals surface area contributed by atoms with E-state index in [-0.39, 0.29) is 0 Å². The second kappa shape index (κ2) is 11.8. The SMILES string of the molecule is Cc1ccc(C)c(CC2C(Cc3ccc(CN4CCNCC4)cc3)=CC=CC2Cc2ccncc2)c1. The molecule has 1 aliphatic carbocycles. The molecule has 3 nitrogen and oxygen atoms in total. The average molecular weight is 478 g/mol. The van der Waals surface area contributed by atoms with Crippen LogP contribution in [-0.2, 0) is 25.8 Å². The Labute approximate surface area is 217 Å². The molecule has 0 bridgehead atoms. The third-order valence-electron chi connectivity index (χ3n) is 7.87. The van der Waals surface area contributed by atoms with Crippen LogP contribution in [0.4, 0.5) is 0 Å². The minimum absolute atomic E-state index is 0.485. The molecule has 0 saturated carbocycles. The van der Waals surface area contributed by atoms with Gasteiger partial charge in [-0.15, -0.1) is 0 Å². The predicted molar refractivity (Wildman–Crippen MR) is 150 cm³/mol. The molecule has 2 atom stereocenters. The molecule has 2 aliphatic rings. The fourth-order valence-corrected chi connectivity index (χ4v) is 5.71. The van der Waals surface area contributed by atoms with Crippen molar-refractivity contribution in [2.24, 2.45) is 11.8 Å². The average Bonchev–Trinajstić information content (AvgIpc) is 2.90. The Hall–Kier alpha value is -3.01. The van der Waals surface area contributed by atoms with E-state index in [1.54, 1.807) is 5.57 Å². The fraction of sp³-hybridized carbons (Fsp3) is 0.364. The Balaban J connectivity index is 1.34. The highest BCUT2D eigenvalue weighted by molar-refractivity contribution is 5.36. The molecule has 186 valence electrons. The summed E-state index contributed by atoms with van der Waals surface area (Å²) < 4.78 is 0. The van der Waals surface area contributed by atoms with Gasteiger partial charge in [0.25, 0.3) is 0 Å². The van der Waals surface area contributed by atoms with Crippen molar-refractivity contribution in [3.05, 3.63) is 124 Å². The van der Waals surface area contributed by atoms with Crippen molar-refractivity contribution in [1.82, 2.24) is 15.2 Å². The van der Waals surface area contributed by atoms with E-state index in [0.29, 0.717) is 11.8 Å². The highest BCUT2D eigenvalue weighted by Crippen LogP contribution is 2.35. The number of aromatic nitrogens is 1. The molecule has 0 radical (unpaired) electrons. The molecule has 1 fully saturated rings. The van der Waals surface area contributed by atoms with Gasteiger partial charge in [-0.05, 0) is 84.9 Å². The summed E-state index contributed by atoms with van der Waals surface area (Å²) in [6.45, 7) is 9.99. The normalized spacial score (nSPS) is 20.3. The zero-order valence-electron chi connectivity index (χ0n) is 21.8. The lowest BCUT2D eigenvalue weighted by atomic mass is 9.73. The number of piperazine rings is 1. The molecule has 3 heteroatoms. The summed E-state index contributed by atoms with van der Waals surface area (Å²) in [5.41, 5.74) is 9.96. The first-order valence-corrected chi connectivity index (χ1v) is 13.5. The first-order chi connectivity index (χ1) is 17.6. The molecular weight excluding hydrogens is 438 g/mol. The molecule has 2 unspecified atom stereocenters. The number of nitrogens with zero attached hydrogens (tertiary/aromatic N) is 2. The van der Waals surface area contributed by atoms with Crippen molar-refractivity contribution < 1.29 is 0 Å². The minimum atomic E-state index is 0.485. The number of hydrogen-bond acceptors (Lipinski definition) is 3. The van der Waals surface area contributed by atoms with Crippen molar-refractivity contribution in [2.75, 3.05) is 26.2 Å². The second-order valence-electron chi connectivity index (χ2n) is 10.6. The summed E-state index contributed by atoms with van der Waals surface area (Å²) in [5.74, 6) is 0.975. The first-order valence-electron chi connectivity index (χ1n) is 13.5. The Bertz CT molecular complexity index is 1190. The molecule has 3 aromatic rings. The van der Waals surface area contributed by atoms with Gasteiger partial charge in [-0.25, -0.2) is 0 Å². The Morgan fingerprint density at radius 2 is 1.61 bits per heavy atom. The van der Waals surface area contributed by atoms with Crippen LogP contribution in [0.15, 0.2) is 90.8 Å². The molecule has 1 aliphatic heterocycles. The van der Waals surface area contributed by atoms with Gasteiger partial charge in [0, 0.05) is 45.1 Å². The number of aryl methyl sites for hydroxylation is 2. The molecule has 1 N–H and O–H groups in total. The lowest BCUT2D eigenvalue weighted by Gasteiger charge is -2.31. The van der Waals surface area contributed by atoms with Crippen LogP contribution in [-0.4, -0.2) is 36.1 Å². The van der Waals surface area contributed by atoms with E-state index in [1.165, 1.54) is 33.4 Å². The van der Waals surface area contributed by atoms with E-state index in [4.69, 9.17) is 0 Å². The number of nitrogens with one attached hydrogen (secondary N) is 1. The van der Waals surface area contributed by atoms with Crippen molar-refractivity contribution in [1.29, 1.82) is 0 Å². The Morgan fingerprint density at radius 3 is 2.39 bits per heavy atom. The van der Waals surface area contributed by atoms with Gasteiger partial charge in [-0.1, -0.05) is 71.8 Å². The lowest BCUT2D eigenvalue weighted by molar-refractivity contribution is 0.233. The molecule has 5 rings (SSSR count). The van der Waals surface area contributed by atoms with Crippen LogP contribution < -0.4 is 5.32 Å². The van der Waals surface area contributed by atoms with Gasteiger partial charge in [-0.3, -0.25) is 9.88 Å². The largest absolute Gasteiger partial charge is 0.314 e. The third kappa shape index (κ3) is 6.40. The maximum absolute atomic E-state index is 4.23. The number of hydrogen-bond donors (Lipinski definition) is 1. The maximum Gasteiger partial charge on any atom is 0.0270 e. The van der Waals surface area contributed by atoms with E-state index >= 15 is 0 Å². The molecule has 36 heavy (non-hydrogen) atoms. The van der Waals surface area contributed by atoms with Gasteiger partial charge >= 0.3 is 0 Å². The molecule has 1 aromatic heterocycles. The lowest BCUT2D eigenvalue weighted by Crippen LogP contribution is -2.42. The smallest absolute Gasteiger partial charge is 0.0270 e. The topological polar surface area (TPSA) is 28.2 Å². The molecule has 2 aromatic carbocycles. The first kappa shape index (κ1) is 24.7. The van der Waals surface area contributed by atoms with Crippen molar-refractivity contribution in [3.8, 4) is 0 Å². The highest BCUT2D eigenvalue weighted by Gasteiger charge is 2.26. The Kier molecular flexibility index (Phi) is 8.10. The van der Waals surface area contributed by atoms with Crippen LogP contribution in [0.2, 0.25) is 0 Å². The molecule has 0 amide bonds. The quantitative estimate of drug-likeness (QED) is 0.440. The van der Waals surface area contributed by atoms with E-state index in [0.717, 1.165) is 52.0 Å². The maximum atomic E-state index is 4.23. The summed E-state index contributed by atoms with van der Waals surface area (Å²) in [6, 6.07) is 20.6. The van der Waals surface area contributed by atoms with Crippen LogP contribution in [0.5, 0.6) is 0 Å². The van der Waals surface area contributed by atoms with Crippen LogP contribution >= 0.6 is 0 Å². The molecule has 2 heterocycles. The minimum Gasteiger partial charge on any atom is -0.314 e. The summed E-state index contributed by atoms with van der Waals surface area (Å²) in [5, 5.41) is 3.45. The van der Waals surface area contributed by atoms with E-state index < -0.39 is 0 Å². The number of rotatable bonds is 8. The van der Waals surface area contributed by atoms with Crippen molar-refractivity contribution in [3.63, 3.8) is 0 Å². The van der Waals surface area contributed by atoms with Gasteiger partial charge in [0.2, 0.25) is 0 Å². The Morgan fingerprint density at radius 1 is 0.861 bits per heavy atom. The number of benzene rings is 2. The van der Waals surface area contributed by atoms with Gasteiger partial charge < -0.3 is 5.32 Å². The van der Waals surface area contributed by atoms with Crippen LogP contribution in [0.25, 0.3) is 0 Å². The second-order valence-corrected chi connectivity index (χ2v) is 10.6. The van der Waals surface area contributed by atoms with Crippen molar-refractivity contribution >= 4 is 0 Å². The highest BCUT2D eigenvalue weighted by atomic mass is 15.2. The standard InChI is InChI=1S/C33H39N3/c1-25-6-7-26(2)32(20-25)23-33-30(4-3-5-31(33)22-28-12-14-34-15-13-28)21-27-8-10-29(11-9-27)24-36-18-16-35-17-19-36/h3-15,20,31,33,35H,16-19,21-24H2,1-2H3. The van der Waals surface area contributed by atoms with Crippen molar-refractivity contribution in [2.45, 2.75) is 39.7 Å². The fourth-order valence-electron chi connectivity index (χ4n) is 5.71. The van der Waals surface area contributed by atoms with Gasteiger partial charge in [0.05, 0.1) is 0 Å². The van der Waals surface area contributed by atoms with Gasteiger partial charge in [-0.2, -0.15) is 0 Å². The number of allylic oxidation sites excluding steroid dienone is 4. The zero-order valence-corrected chi connectivity index (χ0v) is 21.8. The predicted octanol–water partition coefficient (Wildman–Crippen LogP) is 5.86. The monoisotopic (exact) mass is 477 g/mol. The van der Waals surface area contributed by atoms with Crippen LogP contribution in [0.1, 0.15) is 33.4 Å². The summed E-state index contributed by atoms with van der Waals surface area (Å²) in [4.78, 5) is 6.77. The third-order valence-corrected chi connectivity index (χ3v) is 7.87. The van der Waals surface area contributed by atoms with E-state index in [9.17, 15) is 0 Å². The van der Waals surface area contributed by atoms with Gasteiger partial charge in [0.15, 0.2) is 0 Å². The zero-order chi connectivity index (χ0) is 24.7. The van der Waals surface area contributed by atoms with E-state index in [1.807, 2.05) is 12.4 Å². The molecule has 1 saturated heterocycles.